The van der Waals surface area contributed by atoms with E-state index in [-0.39, 0.29) is 0 Å². The summed E-state index contributed by atoms with van der Waals surface area (Å²) < 4.78 is 5.79. The highest BCUT2D eigenvalue weighted by atomic mass is 32.2. The van der Waals surface area contributed by atoms with Crippen molar-refractivity contribution in [2.24, 2.45) is 5.92 Å². The molecule has 0 bridgehead atoms. The Bertz CT molecular complexity index is 413. The second-order valence-corrected chi connectivity index (χ2v) is 7.50. The van der Waals surface area contributed by atoms with Gasteiger partial charge < -0.3 is 9.73 Å². The second kappa shape index (κ2) is 8.23. The summed E-state index contributed by atoms with van der Waals surface area (Å²) in [4.78, 5) is 4.56. The Hall–Kier alpha value is -0.480. The van der Waals surface area contributed by atoms with Crippen molar-refractivity contribution in [2.45, 2.75) is 82.7 Å². The summed E-state index contributed by atoms with van der Waals surface area (Å²) in [5.74, 6) is 1.83. The molecule has 3 atom stereocenters. The molecule has 3 nitrogen and oxygen atoms in total. The lowest BCUT2D eigenvalue weighted by molar-refractivity contribution is 0.285. The normalized spacial score (nSPS) is 26.2. The average Bonchev–Trinajstić information content (AvgIpc) is 2.77. The van der Waals surface area contributed by atoms with Crippen molar-refractivity contribution in [2.75, 3.05) is 6.54 Å². The van der Waals surface area contributed by atoms with Crippen molar-refractivity contribution in [3.8, 4) is 0 Å². The van der Waals surface area contributed by atoms with Gasteiger partial charge in [-0.15, -0.1) is 0 Å². The van der Waals surface area contributed by atoms with Gasteiger partial charge in [-0.1, -0.05) is 38.5 Å². The fourth-order valence-corrected chi connectivity index (χ4v) is 4.59. The zero-order valence-electron chi connectivity index (χ0n) is 13.9. The van der Waals surface area contributed by atoms with Crippen LogP contribution in [0.2, 0.25) is 0 Å². The fraction of sp³-hybridized carbons (Fsp3) is 0.824. The number of aryl methyl sites for hydroxylation is 2. The van der Waals surface area contributed by atoms with Crippen molar-refractivity contribution in [3.05, 3.63) is 11.5 Å². The van der Waals surface area contributed by atoms with Crippen LogP contribution < -0.4 is 5.32 Å². The molecule has 0 saturated heterocycles. The molecular weight excluding hydrogens is 280 g/mol. The molecule has 1 aromatic heterocycles. The number of aromatic nitrogens is 1. The number of rotatable bonds is 7. The monoisotopic (exact) mass is 310 g/mol. The van der Waals surface area contributed by atoms with E-state index in [4.69, 9.17) is 4.42 Å². The van der Waals surface area contributed by atoms with Gasteiger partial charge in [-0.05, 0) is 52.0 Å². The van der Waals surface area contributed by atoms with Crippen LogP contribution in [0.4, 0.5) is 0 Å². The summed E-state index contributed by atoms with van der Waals surface area (Å²) in [5.41, 5.74) is 1.02. The van der Waals surface area contributed by atoms with E-state index < -0.39 is 0 Å². The molecule has 1 N–H and O–H groups in total. The van der Waals surface area contributed by atoms with Gasteiger partial charge in [0.1, 0.15) is 5.76 Å². The maximum Gasteiger partial charge on any atom is 0.256 e. The minimum atomic E-state index is 0.597. The largest absolute Gasteiger partial charge is 0.437 e. The third kappa shape index (κ3) is 4.75. The number of nitrogens with one attached hydrogen (secondary N) is 1. The molecule has 1 heterocycles. The third-order valence-electron chi connectivity index (χ3n) is 4.51. The van der Waals surface area contributed by atoms with Crippen molar-refractivity contribution in [1.82, 2.24) is 10.3 Å². The molecule has 1 fully saturated rings. The Morgan fingerprint density at radius 1 is 1.24 bits per heavy atom. The molecule has 3 unspecified atom stereocenters. The number of oxazole rings is 1. The van der Waals surface area contributed by atoms with Crippen molar-refractivity contribution >= 4 is 11.8 Å². The summed E-state index contributed by atoms with van der Waals surface area (Å²) in [6, 6.07) is 0.607. The van der Waals surface area contributed by atoms with Gasteiger partial charge in [0.15, 0.2) is 0 Å². The van der Waals surface area contributed by atoms with Gasteiger partial charge in [-0.25, -0.2) is 4.98 Å². The lowest BCUT2D eigenvalue weighted by Gasteiger charge is -2.35. The number of hydrogen-bond donors (Lipinski definition) is 1. The molecule has 120 valence electrons. The SMILES string of the molecule is CCCNC1CCC(CCC)CC1Sc1nc(C)c(C)o1. The molecule has 0 spiro atoms. The quantitative estimate of drug-likeness (QED) is 0.790. The molecule has 0 radical (unpaired) electrons. The van der Waals surface area contributed by atoms with Crippen LogP contribution in [0.25, 0.3) is 0 Å². The molecular formula is C17H30N2OS. The molecule has 1 aliphatic carbocycles. The van der Waals surface area contributed by atoms with Gasteiger partial charge >= 0.3 is 0 Å². The van der Waals surface area contributed by atoms with Crippen LogP contribution in [-0.4, -0.2) is 22.8 Å². The van der Waals surface area contributed by atoms with Gasteiger partial charge in [-0.3, -0.25) is 0 Å². The van der Waals surface area contributed by atoms with Gasteiger partial charge in [0.2, 0.25) is 0 Å². The first-order valence-corrected chi connectivity index (χ1v) is 9.36. The maximum absolute atomic E-state index is 5.79. The minimum absolute atomic E-state index is 0.597. The van der Waals surface area contributed by atoms with E-state index in [0.29, 0.717) is 11.3 Å². The predicted molar refractivity (Wildman–Crippen MR) is 90.0 cm³/mol. The first-order valence-electron chi connectivity index (χ1n) is 8.48. The van der Waals surface area contributed by atoms with E-state index in [1.54, 1.807) is 0 Å². The summed E-state index contributed by atoms with van der Waals surface area (Å²) in [7, 11) is 0. The fourth-order valence-electron chi connectivity index (χ4n) is 3.20. The molecule has 1 saturated carbocycles. The van der Waals surface area contributed by atoms with Crippen molar-refractivity contribution < 1.29 is 4.42 Å². The summed E-state index contributed by atoms with van der Waals surface area (Å²) in [6.07, 6.45) is 7.81. The Morgan fingerprint density at radius 2 is 2.05 bits per heavy atom. The van der Waals surface area contributed by atoms with E-state index in [2.05, 4.69) is 24.1 Å². The molecule has 0 amide bonds. The second-order valence-electron chi connectivity index (χ2n) is 6.31. The summed E-state index contributed by atoms with van der Waals surface area (Å²) in [5, 5.41) is 5.19. The number of nitrogens with zero attached hydrogens (tertiary/aromatic N) is 1. The molecule has 1 aliphatic rings. The van der Waals surface area contributed by atoms with E-state index in [9.17, 15) is 0 Å². The lowest BCUT2D eigenvalue weighted by Crippen LogP contribution is -2.43. The highest BCUT2D eigenvalue weighted by Crippen LogP contribution is 2.38. The topological polar surface area (TPSA) is 38.1 Å². The highest BCUT2D eigenvalue weighted by molar-refractivity contribution is 7.99. The van der Waals surface area contributed by atoms with E-state index in [0.717, 1.165) is 29.1 Å². The van der Waals surface area contributed by atoms with Crippen LogP contribution in [0.15, 0.2) is 9.64 Å². The zero-order chi connectivity index (χ0) is 15.2. The van der Waals surface area contributed by atoms with Crippen LogP contribution in [-0.2, 0) is 0 Å². The minimum Gasteiger partial charge on any atom is -0.437 e. The van der Waals surface area contributed by atoms with Gasteiger partial charge in [0.25, 0.3) is 5.22 Å². The molecule has 21 heavy (non-hydrogen) atoms. The Kier molecular flexibility index (Phi) is 6.62. The molecule has 0 aromatic carbocycles. The van der Waals surface area contributed by atoms with Gasteiger partial charge in [0, 0.05) is 11.3 Å². The molecule has 2 rings (SSSR count). The molecule has 4 heteroatoms. The summed E-state index contributed by atoms with van der Waals surface area (Å²) in [6.45, 7) is 9.67. The van der Waals surface area contributed by atoms with Gasteiger partial charge in [-0.2, -0.15) is 0 Å². The van der Waals surface area contributed by atoms with Crippen LogP contribution in [0, 0.1) is 19.8 Å². The Morgan fingerprint density at radius 3 is 2.67 bits per heavy atom. The standard InChI is InChI=1S/C17H30N2OS/c1-5-7-14-8-9-15(18-10-6-2)16(11-14)21-17-19-12(3)13(4)20-17/h14-16,18H,5-11H2,1-4H3. The summed E-state index contributed by atoms with van der Waals surface area (Å²) >= 11 is 1.85. The molecule has 0 aliphatic heterocycles. The zero-order valence-corrected chi connectivity index (χ0v) is 14.8. The number of hydrogen-bond acceptors (Lipinski definition) is 4. The van der Waals surface area contributed by atoms with Crippen molar-refractivity contribution in [3.63, 3.8) is 0 Å². The molecule has 1 aromatic rings. The Labute approximate surface area is 133 Å². The first-order chi connectivity index (χ1) is 10.1. The maximum atomic E-state index is 5.79. The van der Waals surface area contributed by atoms with Crippen molar-refractivity contribution in [1.29, 1.82) is 0 Å². The van der Waals surface area contributed by atoms with Crippen LogP contribution in [0.1, 0.15) is 63.8 Å². The first kappa shape index (κ1) is 16.9. The van der Waals surface area contributed by atoms with E-state index in [1.807, 2.05) is 25.6 Å². The lowest BCUT2D eigenvalue weighted by atomic mass is 9.83. The van der Waals surface area contributed by atoms with Crippen LogP contribution in [0.3, 0.4) is 0 Å². The van der Waals surface area contributed by atoms with Gasteiger partial charge in [0.05, 0.1) is 5.69 Å². The average molecular weight is 311 g/mol. The van der Waals surface area contributed by atoms with Crippen LogP contribution in [0.5, 0.6) is 0 Å². The highest BCUT2D eigenvalue weighted by Gasteiger charge is 2.31. The number of thioether (sulfide) groups is 1. The van der Waals surface area contributed by atoms with E-state index >= 15 is 0 Å². The Balaban J connectivity index is 2.01. The third-order valence-corrected chi connectivity index (χ3v) is 5.71. The predicted octanol–water partition coefficient (Wildman–Crippen LogP) is 4.72. The van der Waals surface area contributed by atoms with E-state index in [1.165, 1.54) is 38.5 Å². The van der Waals surface area contributed by atoms with Crippen LogP contribution >= 0.6 is 11.8 Å². The smallest absolute Gasteiger partial charge is 0.256 e.